The van der Waals surface area contributed by atoms with Gasteiger partial charge in [-0.2, -0.15) is 0 Å². The van der Waals surface area contributed by atoms with Crippen LogP contribution in [0.15, 0.2) is 42.5 Å². The highest BCUT2D eigenvalue weighted by Crippen LogP contribution is 2.20. The van der Waals surface area contributed by atoms with Crippen molar-refractivity contribution < 1.29 is 19.2 Å². The first-order valence-corrected chi connectivity index (χ1v) is 9.09. The van der Waals surface area contributed by atoms with Gasteiger partial charge in [-0.1, -0.05) is 29.3 Å². The third kappa shape index (κ3) is 7.09. The number of benzene rings is 2. The van der Waals surface area contributed by atoms with Gasteiger partial charge in [-0.25, -0.2) is 0 Å². The zero-order chi connectivity index (χ0) is 19.8. The zero-order valence-corrected chi connectivity index (χ0v) is 16.7. The molecule has 0 spiro atoms. The summed E-state index contributed by atoms with van der Waals surface area (Å²) in [4.78, 5) is 24.9. The monoisotopic (exact) mass is 410 g/mol. The van der Waals surface area contributed by atoms with E-state index in [0.29, 0.717) is 28.0 Å². The smallest absolute Gasteiger partial charge is 0.279 e. The molecule has 6 nitrogen and oxygen atoms in total. The number of likely N-dealkylation sites (N-methyl/N-ethyl adjacent to an activating group) is 1. The number of methoxy groups -OCH3 is 1. The number of nitrogens with one attached hydrogen (secondary N) is 3. The van der Waals surface area contributed by atoms with Gasteiger partial charge in [0, 0.05) is 22.3 Å². The van der Waals surface area contributed by atoms with Crippen LogP contribution in [0.3, 0.4) is 0 Å². The molecule has 2 amide bonds. The fourth-order valence-electron chi connectivity index (χ4n) is 2.41. The Morgan fingerprint density at radius 1 is 1.04 bits per heavy atom. The lowest BCUT2D eigenvalue weighted by Gasteiger charge is -2.14. The minimum atomic E-state index is -0.175. The molecule has 0 aliphatic rings. The first-order valence-electron chi connectivity index (χ1n) is 8.33. The second-order valence-electron chi connectivity index (χ2n) is 6.10. The van der Waals surface area contributed by atoms with Crippen molar-refractivity contribution in [2.24, 2.45) is 0 Å². The minimum Gasteiger partial charge on any atom is -0.497 e. The maximum Gasteiger partial charge on any atom is 0.279 e. The van der Waals surface area contributed by atoms with E-state index in [2.05, 4.69) is 10.6 Å². The standard InChI is InChI=1S/C19H21Cl2N3O3/c1-24(12-19(26)23-15-5-7-16(27-2)8-6-15)11-18(25)22-10-13-3-4-14(20)9-17(13)21/h3-9H,10-12H2,1-2H3,(H,22,25)(H,23,26)/p+1. The summed E-state index contributed by atoms with van der Waals surface area (Å²) in [6.45, 7) is 0.641. The van der Waals surface area contributed by atoms with Crippen molar-refractivity contribution in [1.82, 2.24) is 5.32 Å². The summed E-state index contributed by atoms with van der Waals surface area (Å²) in [6.07, 6.45) is 0. The summed E-state index contributed by atoms with van der Waals surface area (Å²) >= 11 is 11.9. The first kappa shape index (κ1) is 21.0. The topological polar surface area (TPSA) is 71.9 Å². The van der Waals surface area contributed by atoms with Crippen LogP contribution in [0.2, 0.25) is 10.0 Å². The number of anilines is 1. The Morgan fingerprint density at radius 2 is 1.70 bits per heavy atom. The van der Waals surface area contributed by atoms with Gasteiger partial charge >= 0.3 is 0 Å². The second kappa shape index (κ2) is 10.2. The molecule has 0 aliphatic carbocycles. The first-order chi connectivity index (χ1) is 12.9. The van der Waals surface area contributed by atoms with E-state index in [9.17, 15) is 9.59 Å². The van der Waals surface area contributed by atoms with Gasteiger partial charge in [-0.15, -0.1) is 0 Å². The molecule has 2 aromatic rings. The van der Waals surface area contributed by atoms with E-state index in [1.54, 1.807) is 56.6 Å². The Balaban J connectivity index is 1.75. The van der Waals surface area contributed by atoms with Crippen LogP contribution in [0.1, 0.15) is 5.56 Å². The number of quaternary nitrogens is 1. The van der Waals surface area contributed by atoms with Crippen LogP contribution in [0.25, 0.3) is 0 Å². The number of rotatable bonds is 8. The Labute approximate surface area is 168 Å². The van der Waals surface area contributed by atoms with E-state index < -0.39 is 0 Å². The predicted molar refractivity (Wildman–Crippen MR) is 107 cm³/mol. The van der Waals surface area contributed by atoms with Crippen LogP contribution in [0.4, 0.5) is 5.69 Å². The molecule has 0 aliphatic heterocycles. The third-order valence-electron chi connectivity index (χ3n) is 3.79. The number of hydrogen-bond acceptors (Lipinski definition) is 3. The molecular formula is C19H22Cl2N3O3+. The van der Waals surface area contributed by atoms with Crippen molar-refractivity contribution in [3.8, 4) is 5.75 Å². The molecule has 2 aromatic carbocycles. The number of carbonyl (C=O) groups excluding carboxylic acids is 2. The lowest BCUT2D eigenvalue weighted by Crippen LogP contribution is -3.11. The van der Waals surface area contributed by atoms with Gasteiger partial charge in [-0.3, -0.25) is 9.59 Å². The van der Waals surface area contributed by atoms with Crippen molar-refractivity contribution in [3.63, 3.8) is 0 Å². The number of carbonyl (C=O) groups is 2. The molecule has 0 aromatic heterocycles. The summed E-state index contributed by atoms with van der Waals surface area (Å²) in [5, 5.41) is 6.63. The fourth-order valence-corrected chi connectivity index (χ4v) is 2.89. The third-order valence-corrected chi connectivity index (χ3v) is 4.38. The number of hydrogen-bond donors (Lipinski definition) is 3. The fraction of sp³-hybridized carbons (Fsp3) is 0.263. The highest BCUT2D eigenvalue weighted by Gasteiger charge is 2.14. The Morgan fingerprint density at radius 3 is 2.33 bits per heavy atom. The highest BCUT2D eigenvalue weighted by atomic mass is 35.5. The molecule has 0 radical (unpaired) electrons. The van der Waals surface area contributed by atoms with Crippen molar-refractivity contribution in [3.05, 3.63) is 58.1 Å². The predicted octanol–water partition coefficient (Wildman–Crippen LogP) is 1.77. The van der Waals surface area contributed by atoms with E-state index >= 15 is 0 Å². The van der Waals surface area contributed by atoms with Crippen LogP contribution < -0.4 is 20.3 Å². The number of halogens is 2. The number of amides is 2. The minimum absolute atomic E-state index is 0.168. The molecule has 27 heavy (non-hydrogen) atoms. The molecule has 1 unspecified atom stereocenters. The van der Waals surface area contributed by atoms with Gasteiger partial charge in [-0.05, 0) is 42.0 Å². The number of ether oxygens (including phenoxy) is 1. The summed E-state index contributed by atoms with van der Waals surface area (Å²) in [5.41, 5.74) is 1.46. The van der Waals surface area contributed by atoms with Gasteiger partial charge in [0.1, 0.15) is 5.75 Å². The highest BCUT2D eigenvalue weighted by molar-refractivity contribution is 6.35. The zero-order valence-electron chi connectivity index (χ0n) is 15.1. The van der Waals surface area contributed by atoms with E-state index in [1.807, 2.05) is 0 Å². The van der Waals surface area contributed by atoms with Crippen LogP contribution in [-0.4, -0.2) is 39.1 Å². The molecule has 8 heteroatoms. The van der Waals surface area contributed by atoms with E-state index in [0.717, 1.165) is 10.5 Å². The van der Waals surface area contributed by atoms with Crippen molar-refractivity contribution in [1.29, 1.82) is 0 Å². The Bertz CT molecular complexity index is 797. The van der Waals surface area contributed by atoms with Crippen LogP contribution in [-0.2, 0) is 16.1 Å². The average Bonchev–Trinajstić information content (AvgIpc) is 2.61. The molecule has 0 saturated carbocycles. The summed E-state index contributed by atoms with van der Waals surface area (Å²) in [5.74, 6) is 0.371. The Hall–Kier alpha value is -2.28. The molecular weight excluding hydrogens is 389 g/mol. The summed E-state index contributed by atoms with van der Waals surface area (Å²) in [6, 6.07) is 12.2. The normalized spacial score (nSPS) is 11.6. The molecule has 0 heterocycles. The second-order valence-corrected chi connectivity index (χ2v) is 6.94. The van der Waals surface area contributed by atoms with Gasteiger partial charge < -0.3 is 20.3 Å². The van der Waals surface area contributed by atoms with Crippen molar-refractivity contribution in [2.75, 3.05) is 32.6 Å². The van der Waals surface area contributed by atoms with E-state index in [-0.39, 0.29) is 24.9 Å². The summed E-state index contributed by atoms with van der Waals surface area (Å²) < 4.78 is 5.07. The van der Waals surface area contributed by atoms with E-state index in [1.165, 1.54) is 0 Å². The summed E-state index contributed by atoms with van der Waals surface area (Å²) in [7, 11) is 3.36. The maximum atomic E-state index is 12.1. The van der Waals surface area contributed by atoms with E-state index in [4.69, 9.17) is 27.9 Å². The van der Waals surface area contributed by atoms with Crippen molar-refractivity contribution in [2.45, 2.75) is 6.54 Å². The molecule has 3 N–H and O–H groups in total. The van der Waals surface area contributed by atoms with Crippen LogP contribution in [0, 0.1) is 0 Å². The van der Waals surface area contributed by atoms with Gasteiger partial charge in [0.05, 0.1) is 14.2 Å². The molecule has 0 bridgehead atoms. The molecule has 0 saturated heterocycles. The molecule has 1 atom stereocenters. The lowest BCUT2D eigenvalue weighted by molar-refractivity contribution is -0.862. The molecule has 2 rings (SSSR count). The molecule has 144 valence electrons. The van der Waals surface area contributed by atoms with Gasteiger partial charge in [0.25, 0.3) is 11.8 Å². The average molecular weight is 411 g/mol. The molecule has 0 fully saturated rings. The van der Waals surface area contributed by atoms with Crippen molar-refractivity contribution >= 4 is 40.7 Å². The Kier molecular flexibility index (Phi) is 7.91. The lowest BCUT2D eigenvalue weighted by atomic mass is 10.2. The van der Waals surface area contributed by atoms with Crippen LogP contribution in [0.5, 0.6) is 5.75 Å². The quantitative estimate of drug-likeness (QED) is 0.620. The SMILES string of the molecule is COc1ccc(NC(=O)C[NH+](C)CC(=O)NCc2ccc(Cl)cc2Cl)cc1. The van der Waals surface area contributed by atoms with Gasteiger partial charge in [0.2, 0.25) is 0 Å². The van der Waals surface area contributed by atoms with Gasteiger partial charge in [0.15, 0.2) is 13.1 Å². The van der Waals surface area contributed by atoms with Crippen LogP contribution >= 0.6 is 23.2 Å². The largest absolute Gasteiger partial charge is 0.497 e. The maximum absolute atomic E-state index is 12.1.